The first-order chi connectivity index (χ1) is 25.0. The Morgan fingerprint density at radius 2 is 0.604 bits per heavy atom. The fourth-order valence-electron chi connectivity index (χ4n) is 4.72. The molecular weight excluding hydrogens is 668 g/mol. The molecule has 0 fully saturated rings. The number of phenolic OH excluding ortho intramolecular Hbond substituents is 4. The van der Waals surface area contributed by atoms with Crippen LogP contribution in [0, 0.1) is 27.7 Å². The van der Waals surface area contributed by atoms with Crippen LogP contribution in [-0.2, 0) is 0 Å². The van der Waals surface area contributed by atoms with Crippen molar-refractivity contribution >= 4 is 47.6 Å². The number of aromatic hydroxyl groups is 4. The summed E-state index contributed by atoms with van der Waals surface area (Å²) in [6.07, 6.45) is 6.37. The lowest BCUT2D eigenvalue weighted by Gasteiger charge is -2.01. The van der Waals surface area contributed by atoms with Crippen LogP contribution in [0.2, 0.25) is 0 Å². The van der Waals surface area contributed by atoms with Crippen LogP contribution in [0.25, 0.3) is 0 Å². The van der Waals surface area contributed by atoms with Crippen molar-refractivity contribution in [1.29, 1.82) is 0 Å². The molecule has 0 aliphatic heterocycles. The van der Waals surface area contributed by atoms with Crippen LogP contribution in [-0.4, -0.2) is 60.7 Å². The summed E-state index contributed by atoms with van der Waals surface area (Å²) >= 11 is 0. The highest BCUT2D eigenvalue weighted by Gasteiger charge is 2.03. The second-order valence-electron chi connectivity index (χ2n) is 12.0. The van der Waals surface area contributed by atoms with Crippen molar-refractivity contribution in [2.24, 2.45) is 20.0 Å². The molecular formula is C42H40N6O5. The predicted octanol–water partition coefficient (Wildman–Crippen LogP) is 8.40. The number of pyridine rings is 2. The van der Waals surface area contributed by atoms with Gasteiger partial charge in [0.25, 0.3) is 0 Å². The molecule has 0 atom stereocenters. The highest BCUT2D eigenvalue weighted by atomic mass is 16.3. The number of nitrogens with zero attached hydrogens (tertiary/aromatic N) is 6. The monoisotopic (exact) mass is 708 g/mol. The van der Waals surface area contributed by atoms with Crippen molar-refractivity contribution in [3.8, 4) is 23.0 Å². The van der Waals surface area contributed by atoms with Gasteiger partial charge in [-0.05, 0) is 123 Å². The number of hydrogen-bond donors (Lipinski definition) is 4. The van der Waals surface area contributed by atoms with Crippen LogP contribution in [0.4, 0.5) is 22.7 Å². The minimum atomic E-state index is 0. The zero-order chi connectivity index (χ0) is 37.0. The predicted molar refractivity (Wildman–Crippen MR) is 212 cm³/mol. The smallest absolute Gasteiger partial charge is 0.141 e. The molecule has 0 saturated carbocycles. The molecule has 6 rings (SSSR count). The first-order valence-electron chi connectivity index (χ1n) is 16.3. The molecule has 0 saturated heterocycles. The number of rotatable bonds is 8. The van der Waals surface area contributed by atoms with Crippen LogP contribution in [0.15, 0.2) is 129 Å². The summed E-state index contributed by atoms with van der Waals surface area (Å²) in [5.41, 5.74) is 8.61. The van der Waals surface area contributed by atoms with E-state index >= 15 is 0 Å². The van der Waals surface area contributed by atoms with Gasteiger partial charge in [0.05, 0.1) is 47.6 Å². The molecule has 0 radical (unpaired) electrons. The molecule has 2 heterocycles. The summed E-state index contributed by atoms with van der Waals surface area (Å²) in [7, 11) is 0. The third-order valence-electron chi connectivity index (χ3n) is 7.45. The molecule has 0 aliphatic carbocycles. The number of benzene rings is 4. The fourth-order valence-corrected chi connectivity index (χ4v) is 4.72. The Morgan fingerprint density at radius 1 is 0.377 bits per heavy atom. The summed E-state index contributed by atoms with van der Waals surface area (Å²) in [5, 5.41) is 39.4. The highest BCUT2D eigenvalue weighted by Crippen LogP contribution is 2.29. The Labute approximate surface area is 307 Å². The summed E-state index contributed by atoms with van der Waals surface area (Å²) in [6.45, 7) is 7.76. The van der Waals surface area contributed by atoms with Gasteiger partial charge < -0.3 is 25.9 Å². The van der Waals surface area contributed by atoms with Crippen LogP contribution in [0.1, 0.15) is 45.0 Å². The van der Waals surface area contributed by atoms with Crippen LogP contribution < -0.4 is 0 Å². The third kappa shape index (κ3) is 11.5. The van der Waals surface area contributed by atoms with Crippen molar-refractivity contribution < 1.29 is 25.9 Å². The molecule has 0 amide bonds. The van der Waals surface area contributed by atoms with E-state index < -0.39 is 0 Å². The van der Waals surface area contributed by atoms with Crippen molar-refractivity contribution in [1.82, 2.24) is 9.97 Å². The molecule has 2 aromatic heterocycles. The Kier molecular flexibility index (Phi) is 13.4. The molecule has 6 N–H and O–H groups in total. The summed E-state index contributed by atoms with van der Waals surface area (Å²) in [5.74, 6) is 0.498. The van der Waals surface area contributed by atoms with Gasteiger partial charge in [0, 0.05) is 0 Å². The molecule has 6 aromatic rings. The minimum Gasteiger partial charge on any atom is -0.506 e. The molecule has 268 valence electrons. The van der Waals surface area contributed by atoms with Gasteiger partial charge in [-0.15, -0.1) is 0 Å². The number of aromatic nitrogens is 2. The second kappa shape index (κ2) is 18.3. The highest BCUT2D eigenvalue weighted by molar-refractivity contribution is 5.86. The lowest BCUT2D eigenvalue weighted by Crippen LogP contribution is -1.93. The van der Waals surface area contributed by atoms with Crippen LogP contribution in [0.3, 0.4) is 0 Å². The molecule has 0 bridgehead atoms. The van der Waals surface area contributed by atoms with E-state index in [1.807, 2.05) is 88.4 Å². The lowest BCUT2D eigenvalue weighted by atomic mass is 10.2. The van der Waals surface area contributed by atoms with Gasteiger partial charge in [0.2, 0.25) is 0 Å². The van der Waals surface area contributed by atoms with Gasteiger partial charge in [-0.1, -0.05) is 36.4 Å². The van der Waals surface area contributed by atoms with E-state index in [0.717, 1.165) is 22.3 Å². The largest absolute Gasteiger partial charge is 0.506 e. The number of phenols is 4. The van der Waals surface area contributed by atoms with Gasteiger partial charge in [0.15, 0.2) is 0 Å². The number of aryl methyl sites for hydroxylation is 4. The molecule has 11 nitrogen and oxygen atoms in total. The van der Waals surface area contributed by atoms with Crippen molar-refractivity contribution in [2.45, 2.75) is 27.7 Å². The van der Waals surface area contributed by atoms with Crippen molar-refractivity contribution in [3.63, 3.8) is 0 Å². The van der Waals surface area contributed by atoms with Gasteiger partial charge in [-0.2, -0.15) is 0 Å². The van der Waals surface area contributed by atoms with Crippen molar-refractivity contribution in [3.05, 3.63) is 154 Å². The lowest BCUT2D eigenvalue weighted by molar-refractivity contribution is 0.476. The Morgan fingerprint density at radius 3 is 0.830 bits per heavy atom. The van der Waals surface area contributed by atoms with Gasteiger partial charge in [0.1, 0.15) is 45.7 Å². The molecule has 11 heteroatoms. The standard InChI is InChI=1S/2C21H19N3O2.H2O/c2*1-14-6-8-20(25)18(10-14)22-12-16-4-3-5-17(24-16)13-23-19-11-15(2)7-9-21(19)26;/h2*3-13,25-26H,1-2H3;1H2. The average Bonchev–Trinajstić information content (AvgIpc) is 3.13. The fraction of sp³-hybridized carbons (Fsp3) is 0.0952. The van der Waals surface area contributed by atoms with E-state index in [1.165, 1.54) is 0 Å². The van der Waals surface area contributed by atoms with Crippen LogP contribution in [0.5, 0.6) is 23.0 Å². The summed E-state index contributed by atoms with van der Waals surface area (Å²) < 4.78 is 0. The summed E-state index contributed by atoms with van der Waals surface area (Å²) in [4.78, 5) is 26.1. The van der Waals surface area contributed by atoms with E-state index in [-0.39, 0.29) is 28.5 Å². The average molecular weight is 709 g/mol. The Bertz CT molecular complexity index is 2000. The molecule has 0 aliphatic rings. The first-order valence-corrected chi connectivity index (χ1v) is 16.3. The van der Waals surface area contributed by atoms with E-state index in [9.17, 15) is 20.4 Å². The maximum atomic E-state index is 9.85. The second-order valence-corrected chi connectivity index (χ2v) is 12.0. The Balaban J connectivity index is 0.000000232. The van der Waals surface area contributed by atoms with Gasteiger partial charge in [-0.3, -0.25) is 20.0 Å². The quantitative estimate of drug-likeness (QED) is 0.115. The zero-order valence-electron chi connectivity index (χ0n) is 29.7. The minimum absolute atomic E-state index is 0. The first kappa shape index (κ1) is 38.8. The van der Waals surface area contributed by atoms with E-state index in [0.29, 0.717) is 45.5 Å². The number of hydrogen-bond acceptors (Lipinski definition) is 10. The van der Waals surface area contributed by atoms with Gasteiger partial charge in [-0.25, -0.2) is 9.97 Å². The summed E-state index contributed by atoms with van der Waals surface area (Å²) in [6, 6.07) is 31.9. The number of aliphatic imine (C=N–C) groups is 4. The zero-order valence-corrected chi connectivity index (χ0v) is 29.7. The topological polar surface area (TPSA) is 188 Å². The maximum Gasteiger partial charge on any atom is 0.141 e. The van der Waals surface area contributed by atoms with Crippen molar-refractivity contribution in [2.75, 3.05) is 0 Å². The van der Waals surface area contributed by atoms with E-state index in [1.54, 1.807) is 73.4 Å². The molecule has 0 unspecified atom stereocenters. The third-order valence-corrected chi connectivity index (χ3v) is 7.45. The molecule has 53 heavy (non-hydrogen) atoms. The molecule has 0 spiro atoms. The van der Waals surface area contributed by atoms with Gasteiger partial charge >= 0.3 is 0 Å². The Hall–Kier alpha value is -6.98. The van der Waals surface area contributed by atoms with Crippen LogP contribution >= 0.6 is 0 Å². The maximum absolute atomic E-state index is 9.85. The van der Waals surface area contributed by atoms with E-state index in [4.69, 9.17) is 0 Å². The SMILES string of the molecule is Cc1ccc(O)c(N=Cc2cccc(C=Nc3cc(C)ccc3O)n2)c1.Cc1ccc(O)c(N=Cc2cccc(C=Nc3cc(C)ccc3O)n2)c1.O. The normalized spacial score (nSPS) is 11.2. The molecule has 4 aromatic carbocycles. The van der Waals surface area contributed by atoms with E-state index in [2.05, 4.69) is 29.9 Å².